The summed E-state index contributed by atoms with van der Waals surface area (Å²) in [6.45, 7) is 4.57. The molecule has 0 aliphatic heterocycles. The fourth-order valence-corrected chi connectivity index (χ4v) is 4.06. The van der Waals surface area contributed by atoms with Crippen LogP contribution < -0.4 is 5.32 Å². The lowest BCUT2D eigenvalue weighted by Crippen LogP contribution is -2.42. The minimum atomic E-state index is -4.03. The summed E-state index contributed by atoms with van der Waals surface area (Å²) in [6, 6.07) is 10.2. The van der Waals surface area contributed by atoms with Crippen molar-refractivity contribution in [2.75, 3.05) is 6.54 Å². The molecular formula is C19H22ClFN2O3S. The molecular weight excluding hydrogens is 391 g/mol. The number of carbonyl (C=O) groups is 1. The number of hydrogen-bond acceptors (Lipinski definition) is 3. The molecule has 0 saturated heterocycles. The summed E-state index contributed by atoms with van der Waals surface area (Å²) < 4.78 is 41.3. The number of halogens is 2. The smallest absolute Gasteiger partial charge is 0.243 e. The third kappa shape index (κ3) is 5.51. The Bertz CT molecular complexity index is 895. The van der Waals surface area contributed by atoms with Gasteiger partial charge in [-0.05, 0) is 45.0 Å². The van der Waals surface area contributed by atoms with Crippen LogP contribution >= 0.6 is 11.6 Å². The molecule has 0 fully saturated rings. The maximum absolute atomic E-state index is 14.2. The highest BCUT2D eigenvalue weighted by Crippen LogP contribution is 2.24. The van der Waals surface area contributed by atoms with Crippen molar-refractivity contribution in [3.63, 3.8) is 0 Å². The SMILES string of the molecule is Cc1ccc(S(=O)(=O)N(CC(=O)NC(C)C)Cc2c(F)cccc2Cl)cc1. The first kappa shape index (κ1) is 21.3. The van der Waals surface area contributed by atoms with Crippen LogP contribution in [0.25, 0.3) is 0 Å². The van der Waals surface area contributed by atoms with Gasteiger partial charge < -0.3 is 5.32 Å². The Hall–Kier alpha value is -1.96. The van der Waals surface area contributed by atoms with Crippen LogP contribution in [0.4, 0.5) is 4.39 Å². The van der Waals surface area contributed by atoms with Gasteiger partial charge in [-0.25, -0.2) is 12.8 Å². The zero-order valence-electron chi connectivity index (χ0n) is 15.4. The van der Waals surface area contributed by atoms with Crippen LogP contribution in [0.5, 0.6) is 0 Å². The van der Waals surface area contributed by atoms with Gasteiger partial charge in [0.15, 0.2) is 0 Å². The van der Waals surface area contributed by atoms with Crippen molar-refractivity contribution >= 4 is 27.5 Å². The van der Waals surface area contributed by atoms with E-state index in [0.717, 1.165) is 9.87 Å². The molecule has 0 unspecified atom stereocenters. The second kappa shape index (κ2) is 8.82. The fraction of sp³-hybridized carbons (Fsp3) is 0.316. The standard InChI is InChI=1S/C19H22ClFN2O3S/c1-13(2)22-19(24)12-23(11-16-17(20)5-4-6-18(16)21)27(25,26)15-9-7-14(3)8-10-15/h4-10,13H,11-12H2,1-3H3,(H,22,24). The Labute approximate surface area is 164 Å². The van der Waals surface area contributed by atoms with E-state index < -0.39 is 28.3 Å². The van der Waals surface area contributed by atoms with Gasteiger partial charge in [-0.15, -0.1) is 0 Å². The van der Waals surface area contributed by atoms with Crippen LogP contribution in [0.15, 0.2) is 47.4 Å². The molecule has 1 amide bonds. The van der Waals surface area contributed by atoms with Crippen LogP contribution in [-0.2, 0) is 21.4 Å². The molecule has 0 aromatic heterocycles. The topological polar surface area (TPSA) is 66.5 Å². The summed E-state index contributed by atoms with van der Waals surface area (Å²) in [6.07, 6.45) is 0. The van der Waals surface area contributed by atoms with Crippen LogP contribution in [0, 0.1) is 12.7 Å². The van der Waals surface area contributed by atoms with Gasteiger partial charge in [-0.2, -0.15) is 4.31 Å². The minimum Gasteiger partial charge on any atom is -0.353 e. The predicted molar refractivity (Wildman–Crippen MR) is 103 cm³/mol. The van der Waals surface area contributed by atoms with E-state index in [1.807, 2.05) is 6.92 Å². The van der Waals surface area contributed by atoms with Gasteiger partial charge in [0, 0.05) is 23.2 Å². The molecule has 0 radical (unpaired) electrons. The van der Waals surface area contributed by atoms with Gasteiger partial charge in [-0.3, -0.25) is 4.79 Å². The summed E-state index contributed by atoms with van der Waals surface area (Å²) in [5.74, 6) is -1.11. The number of aryl methyl sites for hydroxylation is 1. The third-order valence-corrected chi connectivity index (χ3v) is 5.98. The van der Waals surface area contributed by atoms with Crippen LogP contribution in [0.2, 0.25) is 5.02 Å². The monoisotopic (exact) mass is 412 g/mol. The van der Waals surface area contributed by atoms with E-state index in [4.69, 9.17) is 11.6 Å². The highest BCUT2D eigenvalue weighted by molar-refractivity contribution is 7.89. The number of nitrogens with zero attached hydrogens (tertiary/aromatic N) is 1. The number of carbonyl (C=O) groups excluding carboxylic acids is 1. The van der Waals surface area contributed by atoms with Gasteiger partial charge in [0.25, 0.3) is 0 Å². The van der Waals surface area contributed by atoms with Gasteiger partial charge in [0.1, 0.15) is 5.82 Å². The van der Waals surface area contributed by atoms with E-state index >= 15 is 0 Å². The van der Waals surface area contributed by atoms with Crippen molar-refractivity contribution in [1.82, 2.24) is 9.62 Å². The molecule has 146 valence electrons. The third-order valence-electron chi connectivity index (χ3n) is 3.82. The lowest BCUT2D eigenvalue weighted by molar-refractivity contribution is -0.121. The zero-order chi connectivity index (χ0) is 20.2. The lowest BCUT2D eigenvalue weighted by Gasteiger charge is -2.23. The average molecular weight is 413 g/mol. The van der Waals surface area contributed by atoms with E-state index in [2.05, 4.69) is 5.32 Å². The van der Waals surface area contributed by atoms with Gasteiger partial charge in [0.05, 0.1) is 11.4 Å². The number of benzene rings is 2. The molecule has 0 heterocycles. The summed E-state index contributed by atoms with van der Waals surface area (Å²) in [5, 5.41) is 2.75. The number of nitrogens with one attached hydrogen (secondary N) is 1. The largest absolute Gasteiger partial charge is 0.353 e. The number of amides is 1. The summed E-state index contributed by atoms with van der Waals surface area (Å²) in [4.78, 5) is 12.2. The second-order valence-electron chi connectivity index (χ2n) is 6.51. The molecule has 0 aliphatic carbocycles. The van der Waals surface area contributed by atoms with E-state index in [0.29, 0.717) is 0 Å². The Kier molecular flexibility index (Phi) is 6.97. The predicted octanol–water partition coefficient (Wildman–Crippen LogP) is 3.50. The van der Waals surface area contributed by atoms with Crippen molar-refractivity contribution in [2.45, 2.75) is 38.3 Å². The quantitative estimate of drug-likeness (QED) is 0.756. The normalized spacial score (nSPS) is 11.8. The van der Waals surface area contributed by atoms with Crippen molar-refractivity contribution in [3.8, 4) is 0 Å². The molecule has 1 N–H and O–H groups in total. The van der Waals surface area contributed by atoms with Crippen LogP contribution in [0.3, 0.4) is 0 Å². The first-order valence-electron chi connectivity index (χ1n) is 8.40. The highest BCUT2D eigenvalue weighted by Gasteiger charge is 2.28. The van der Waals surface area contributed by atoms with Crippen molar-refractivity contribution in [1.29, 1.82) is 0 Å². The molecule has 27 heavy (non-hydrogen) atoms. The van der Waals surface area contributed by atoms with Crippen molar-refractivity contribution in [2.24, 2.45) is 0 Å². The molecule has 0 aliphatic rings. The number of hydrogen-bond donors (Lipinski definition) is 1. The Morgan fingerprint density at radius 3 is 2.37 bits per heavy atom. The molecule has 0 bridgehead atoms. The van der Waals surface area contributed by atoms with Crippen molar-refractivity contribution in [3.05, 3.63) is 64.4 Å². The lowest BCUT2D eigenvalue weighted by atomic mass is 10.2. The molecule has 0 saturated carbocycles. The molecule has 2 rings (SSSR count). The molecule has 2 aromatic carbocycles. The number of rotatable bonds is 7. The van der Waals surface area contributed by atoms with Gasteiger partial charge in [-0.1, -0.05) is 35.4 Å². The Morgan fingerprint density at radius 2 is 1.81 bits per heavy atom. The van der Waals surface area contributed by atoms with Gasteiger partial charge >= 0.3 is 0 Å². The van der Waals surface area contributed by atoms with E-state index in [1.54, 1.807) is 26.0 Å². The minimum absolute atomic E-state index is 0.0206. The molecule has 5 nitrogen and oxygen atoms in total. The molecule has 8 heteroatoms. The van der Waals surface area contributed by atoms with Crippen molar-refractivity contribution < 1.29 is 17.6 Å². The Balaban J connectivity index is 2.42. The molecule has 2 aromatic rings. The van der Waals surface area contributed by atoms with E-state index in [-0.39, 0.29) is 28.1 Å². The zero-order valence-corrected chi connectivity index (χ0v) is 16.9. The second-order valence-corrected chi connectivity index (χ2v) is 8.85. The van der Waals surface area contributed by atoms with Crippen LogP contribution in [-0.4, -0.2) is 31.2 Å². The maximum atomic E-state index is 14.2. The summed E-state index contributed by atoms with van der Waals surface area (Å²) >= 11 is 6.05. The summed E-state index contributed by atoms with van der Waals surface area (Å²) in [5.41, 5.74) is 0.919. The first-order valence-corrected chi connectivity index (χ1v) is 10.2. The average Bonchev–Trinajstić information content (AvgIpc) is 2.57. The Morgan fingerprint density at radius 1 is 1.19 bits per heavy atom. The van der Waals surface area contributed by atoms with E-state index in [1.165, 1.54) is 30.3 Å². The molecule has 0 spiro atoms. The summed E-state index contributed by atoms with van der Waals surface area (Å²) in [7, 11) is -4.03. The first-order chi connectivity index (χ1) is 12.6. The number of sulfonamides is 1. The maximum Gasteiger partial charge on any atom is 0.243 e. The fourth-order valence-electron chi connectivity index (χ4n) is 2.47. The van der Waals surface area contributed by atoms with Crippen LogP contribution in [0.1, 0.15) is 25.0 Å². The van der Waals surface area contributed by atoms with E-state index in [9.17, 15) is 17.6 Å². The highest BCUT2D eigenvalue weighted by atomic mass is 35.5. The molecule has 0 atom stereocenters. The van der Waals surface area contributed by atoms with Gasteiger partial charge in [0.2, 0.25) is 15.9 Å².